The van der Waals surface area contributed by atoms with Gasteiger partial charge >= 0.3 is 0 Å². The molecule has 0 bridgehead atoms. The fraction of sp³-hybridized carbons (Fsp3) is 0.300. The minimum Gasteiger partial charge on any atom is -0.298 e. The van der Waals surface area contributed by atoms with E-state index in [0.29, 0.717) is 0 Å². The van der Waals surface area contributed by atoms with Gasteiger partial charge < -0.3 is 0 Å². The van der Waals surface area contributed by atoms with Crippen LogP contribution in [0.3, 0.4) is 0 Å². The van der Waals surface area contributed by atoms with Crippen LogP contribution in [-0.4, -0.2) is 6.29 Å². The lowest BCUT2D eigenvalue weighted by molar-refractivity contribution is -0.104. The third-order valence-electron chi connectivity index (χ3n) is 1.45. The fourth-order valence-electron chi connectivity index (χ4n) is 0.535. The zero-order valence-electron chi connectivity index (χ0n) is 7.29. The van der Waals surface area contributed by atoms with Crippen LogP contribution < -0.4 is 0 Å². The summed E-state index contributed by atoms with van der Waals surface area (Å²) in [6.45, 7) is 5.68. The van der Waals surface area contributed by atoms with Gasteiger partial charge in [-0.2, -0.15) is 0 Å². The molecular formula is C10H14O. The van der Waals surface area contributed by atoms with Crippen LogP contribution in [0.25, 0.3) is 0 Å². The van der Waals surface area contributed by atoms with Gasteiger partial charge in [-0.3, -0.25) is 4.79 Å². The molecule has 1 heteroatoms. The van der Waals surface area contributed by atoms with E-state index in [0.717, 1.165) is 17.4 Å². The summed E-state index contributed by atoms with van der Waals surface area (Å²) >= 11 is 0. The van der Waals surface area contributed by atoms with E-state index >= 15 is 0 Å². The predicted octanol–water partition coefficient (Wildman–Crippen LogP) is 2.65. The first kappa shape index (κ1) is 9.89. The average molecular weight is 150 g/mol. The van der Waals surface area contributed by atoms with E-state index in [2.05, 4.69) is 0 Å². The van der Waals surface area contributed by atoms with Crippen molar-refractivity contribution in [1.82, 2.24) is 0 Å². The van der Waals surface area contributed by atoms with E-state index in [1.807, 2.05) is 45.1 Å². The fourth-order valence-corrected chi connectivity index (χ4v) is 0.535. The van der Waals surface area contributed by atoms with E-state index in [4.69, 9.17) is 0 Å². The van der Waals surface area contributed by atoms with Gasteiger partial charge in [0.1, 0.15) is 6.29 Å². The Morgan fingerprint density at radius 1 is 1.09 bits per heavy atom. The molecule has 0 aliphatic rings. The Kier molecular flexibility index (Phi) is 5.09. The second kappa shape index (κ2) is 5.66. The molecule has 0 atom stereocenters. The molecule has 0 aromatic rings. The average Bonchev–Trinajstić information content (AvgIpc) is 2.03. The maximum Gasteiger partial charge on any atom is 0.146 e. The molecule has 0 rings (SSSR count). The van der Waals surface area contributed by atoms with Crippen LogP contribution in [0.2, 0.25) is 0 Å². The zero-order chi connectivity index (χ0) is 8.69. The summed E-state index contributed by atoms with van der Waals surface area (Å²) in [7, 11) is 0. The second-order valence-electron chi connectivity index (χ2n) is 2.37. The highest BCUT2D eigenvalue weighted by atomic mass is 16.1. The zero-order valence-corrected chi connectivity index (χ0v) is 7.29. The monoisotopic (exact) mass is 150 g/mol. The second-order valence-corrected chi connectivity index (χ2v) is 2.37. The van der Waals surface area contributed by atoms with Crippen molar-refractivity contribution in [1.29, 1.82) is 0 Å². The molecular weight excluding hydrogens is 136 g/mol. The van der Waals surface area contributed by atoms with E-state index in [9.17, 15) is 4.79 Å². The normalized spacial score (nSPS) is 14.1. The molecule has 0 saturated heterocycles. The smallest absolute Gasteiger partial charge is 0.146 e. The van der Waals surface area contributed by atoms with Crippen molar-refractivity contribution >= 4 is 6.29 Å². The third-order valence-corrected chi connectivity index (χ3v) is 1.45. The highest BCUT2D eigenvalue weighted by Crippen LogP contribution is 2.01. The van der Waals surface area contributed by atoms with Gasteiger partial charge in [-0.05, 0) is 31.9 Å². The van der Waals surface area contributed by atoms with Gasteiger partial charge in [-0.15, -0.1) is 0 Å². The van der Waals surface area contributed by atoms with E-state index in [1.54, 1.807) is 0 Å². The van der Waals surface area contributed by atoms with E-state index < -0.39 is 0 Å². The molecule has 0 amide bonds. The van der Waals surface area contributed by atoms with Crippen molar-refractivity contribution in [2.75, 3.05) is 0 Å². The minimum absolute atomic E-state index is 0.783. The number of carbonyl (C=O) groups excluding carboxylic acids is 1. The molecule has 0 aliphatic heterocycles. The van der Waals surface area contributed by atoms with Crippen molar-refractivity contribution in [3.8, 4) is 0 Å². The van der Waals surface area contributed by atoms with Crippen LogP contribution in [0.5, 0.6) is 0 Å². The lowest BCUT2D eigenvalue weighted by atomic mass is 10.1. The van der Waals surface area contributed by atoms with Gasteiger partial charge in [-0.25, -0.2) is 0 Å². The summed E-state index contributed by atoms with van der Waals surface area (Å²) in [4.78, 5) is 10.3. The summed E-state index contributed by atoms with van der Waals surface area (Å²) in [5.74, 6) is 0. The lowest BCUT2D eigenvalue weighted by Gasteiger charge is -1.91. The summed E-state index contributed by atoms with van der Waals surface area (Å²) in [5, 5.41) is 0. The van der Waals surface area contributed by atoms with Crippen molar-refractivity contribution in [3.63, 3.8) is 0 Å². The molecule has 0 saturated carbocycles. The van der Waals surface area contributed by atoms with Crippen molar-refractivity contribution in [3.05, 3.63) is 35.5 Å². The summed E-state index contributed by atoms with van der Waals surface area (Å²) in [6, 6.07) is 0. The number of hydrogen-bond acceptors (Lipinski definition) is 1. The molecule has 0 fully saturated rings. The van der Waals surface area contributed by atoms with Gasteiger partial charge in [0, 0.05) is 0 Å². The number of rotatable bonds is 3. The topological polar surface area (TPSA) is 17.1 Å². The molecule has 60 valence electrons. The Morgan fingerprint density at radius 3 is 2.18 bits per heavy atom. The highest BCUT2D eigenvalue weighted by molar-refractivity contribution is 5.74. The Labute approximate surface area is 68.1 Å². The summed E-state index contributed by atoms with van der Waals surface area (Å²) < 4.78 is 0. The maximum atomic E-state index is 10.3. The molecule has 0 N–H and O–H groups in total. The molecule has 0 aliphatic carbocycles. The van der Waals surface area contributed by atoms with E-state index in [-0.39, 0.29) is 0 Å². The van der Waals surface area contributed by atoms with Crippen LogP contribution in [-0.2, 0) is 4.79 Å². The largest absolute Gasteiger partial charge is 0.298 e. The maximum absolute atomic E-state index is 10.3. The molecule has 0 heterocycles. The molecule has 0 radical (unpaired) electrons. The SMILES string of the molecule is CC=CC=CC(C)=C(C)C=O. The van der Waals surface area contributed by atoms with Crippen LogP contribution in [0.15, 0.2) is 35.5 Å². The molecule has 0 unspecified atom stereocenters. The molecule has 11 heavy (non-hydrogen) atoms. The van der Waals surface area contributed by atoms with Gasteiger partial charge in [-0.1, -0.05) is 24.3 Å². The van der Waals surface area contributed by atoms with Gasteiger partial charge in [0.2, 0.25) is 0 Å². The Hall–Kier alpha value is -1.11. The van der Waals surface area contributed by atoms with Crippen LogP contribution in [0, 0.1) is 0 Å². The molecule has 0 aromatic carbocycles. The molecule has 1 nitrogen and oxygen atoms in total. The van der Waals surface area contributed by atoms with Crippen LogP contribution >= 0.6 is 0 Å². The number of carbonyl (C=O) groups is 1. The van der Waals surface area contributed by atoms with Crippen LogP contribution in [0.4, 0.5) is 0 Å². The summed E-state index contributed by atoms with van der Waals surface area (Å²) in [5.41, 5.74) is 1.80. The summed E-state index contributed by atoms with van der Waals surface area (Å²) in [6.07, 6.45) is 8.59. The van der Waals surface area contributed by atoms with Gasteiger partial charge in [0.25, 0.3) is 0 Å². The minimum atomic E-state index is 0.783. The molecule has 0 spiro atoms. The van der Waals surface area contributed by atoms with Gasteiger partial charge in [0.05, 0.1) is 0 Å². The Balaban J connectivity index is 4.26. The predicted molar refractivity (Wildman–Crippen MR) is 48.4 cm³/mol. The van der Waals surface area contributed by atoms with Crippen molar-refractivity contribution in [2.45, 2.75) is 20.8 Å². The standard InChI is InChI=1S/C10H14O/c1-4-5-6-7-9(2)10(3)8-11/h4-8H,1-3H3. The number of aldehydes is 1. The highest BCUT2D eigenvalue weighted by Gasteiger charge is 1.87. The quantitative estimate of drug-likeness (QED) is 0.343. The van der Waals surface area contributed by atoms with Gasteiger partial charge in [0.15, 0.2) is 0 Å². The van der Waals surface area contributed by atoms with E-state index in [1.165, 1.54) is 0 Å². The Bertz CT molecular complexity index is 207. The van der Waals surface area contributed by atoms with Crippen molar-refractivity contribution in [2.24, 2.45) is 0 Å². The van der Waals surface area contributed by atoms with Crippen LogP contribution in [0.1, 0.15) is 20.8 Å². The Morgan fingerprint density at radius 2 is 1.73 bits per heavy atom. The first-order chi connectivity index (χ1) is 5.22. The number of hydrogen-bond donors (Lipinski definition) is 0. The lowest BCUT2D eigenvalue weighted by Crippen LogP contribution is -1.80. The first-order valence-corrected chi connectivity index (χ1v) is 3.64. The third kappa shape index (κ3) is 4.31. The first-order valence-electron chi connectivity index (χ1n) is 3.64. The molecule has 0 aromatic heterocycles. The number of allylic oxidation sites excluding steroid dienone is 6. The van der Waals surface area contributed by atoms with Crippen molar-refractivity contribution < 1.29 is 4.79 Å².